The fourth-order valence-corrected chi connectivity index (χ4v) is 5.88. The van der Waals surface area contributed by atoms with Crippen molar-refractivity contribution in [1.82, 2.24) is 4.90 Å². The molecule has 0 aliphatic heterocycles. The van der Waals surface area contributed by atoms with Gasteiger partial charge in [-0.1, -0.05) is 0 Å². The van der Waals surface area contributed by atoms with Crippen molar-refractivity contribution < 1.29 is 14.7 Å². The summed E-state index contributed by atoms with van der Waals surface area (Å²) in [4.78, 5) is 25.4. The van der Waals surface area contributed by atoms with E-state index in [1.54, 1.807) is 4.90 Å². The number of amides is 1. The van der Waals surface area contributed by atoms with Gasteiger partial charge in [0.25, 0.3) is 0 Å². The van der Waals surface area contributed by atoms with Gasteiger partial charge in [0.1, 0.15) is 6.54 Å². The lowest BCUT2D eigenvalue weighted by molar-refractivity contribution is -0.148. The molecule has 1 amide bonds. The van der Waals surface area contributed by atoms with Crippen molar-refractivity contribution in [2.75, 3.05) is 6.54 Å². The maximum Gasteiger partial charge on any atom is 0.323 e. The number of hydrogen-bond donors (Lipinski definition) is 1. The number of nitrogens with zero attached hydrogens (tertiary/aromatic N) is 1. The van der Waals surface area contributed by atoms with E-state index in [9.17, 15) is 9.59 Å². The molecule has 0 heterocycles. The van der Waals surface area contributed by atoms with E-state index < -0.39 is 5.97 Å². The van der Waals surface area contributed by atoms with Crippen molar-refractivity contribution in [2.45, 2.75) is 63.8 Å². The van der Waals surface area contributed by atoms with Crippen LogP contribution in [0.4, 0.5) is 0 Å². The minimum atomic E-state index is -0.874. The van der Waals surface area contributed by atoms with E-state index in [-0.39, 0.29) is 23.9 Å². The van der Waals surface area contributed by atoms with Crippen molar-refractivity contribution in [3.63, 3.8) is 0 Å². The normalized spacial score (nSPS) is 40.3. The number of hydrogen-bond acceptors (Lipinski definition) is 2. The highest BCUT2D eigenvalue weighted by molar-refractivity contribution is 5.82. The number of carboxylic acid groups (broad SMARTS) is 1. The van der Waals surface area contributed by atoms with E-state index in [0.717, 1.165) is 30.6 Å². The predicted octanol–water partition coefficient (Wildman–Crippen LogP) is 2.67. The van der Waals surface area contributed by atoms with Crippen LogP contribution in [-0.2, 0) is 9.59 Å². The Labute approximate surface area is 125 Å². The van der Waals surface area contributed by atoms with Gasteiger partial charge in [-0.2, -0.15) is 0 Å². The van der Waals surface area contributed by atoms with Crippen molar-refractivity contribution in [3.8, 4) is 0 Å². The first kappa shape index (κ1) is 13.6. The molecule has 5 rings (SSSR count). The van der Waals surface area contributed by atoms with Crippen LogP contribution in [0.25, 0.3) is 0 Å². The molecule has 0 saturated heterocycles. The highest BCUT2D eigenvalue weighted by Crippen LogP contribution is 2.61. The van der Waals surface area contributed by atoms with Crippen LogP contribution in [0, 0.1) is 23.2 Å². The molecule has 4 nitrogen and oxygen atoms in total. The Bertz CT molecular complexity index is 433. The monoisotopic (exact) mass is 291 g/mol. The summed E-state index contributed by atoms with van der Waals surface area (Å²) in [6.07, 6.45) is 10.4. The lowest BCUT2D eigenvalue weighted by Gasteiger charge is -2.57. The first-order valence-electron chi connectivity index (χ1n) is 8.54. The molecule has 0 aromatic heterocycles. The molecule has 0 atom stereocenters. The second kappa shape index (κ2) is 4.72. The van der Waals surface area contributed by atoms with Crippen LogP contribution in [0.3, 0.4) is 0 Å². The molecule has 4 bridgehead atoms. The van der Waals surface area contributed by atoms with Gasteiger partial charge in [0.15, 0.2) is 0 Å². The van der Waals surface area contributed by atoms with Gasteiger partial charge >= 0.3 is 5.97 Å². The van der Waals surface area contributed by atoms with Gasteiger partial charge < -0.3 is 10.0 Å². The molecule has 5 saturated carbocycles. The zero-order valence-electron chi connectivity index (χ0n) is 12.6. The molecule has 21 heavy (non-hydrogen) atoms. The summed E-state index contributed by atoms with van der Waals surface area (Å²) >= 11 is 0. The van der Waals surface area contributed by atoms with Crippen LogP contribution < -0.4 is 0 Å². The average Bonchev–Trinajstić information content (AvgIpc) is 3.17. The third kappa shape index (κ3) is 2.58. The SMILES string of the molecule is O=C(O)CN(C(=O)CC12CC3CC(CC(C3)C1)C2)C1CC1. The van der Waals surface area contributed by atoms with Crippen LogP contribution in [0.5, 0.6) is 0 Å². The van der Waals surface area contributed by atoms with Crippen molar-refractivity contribution in [3.05, 3.63) is 0 Å². The molecule has 0 radical (unpaired) electrons. The second-order valence-electron chi connectivity index (χ2n) is 8.24. The molecule has 1 N–H and O–H groups in total. The quantitative estimate of drug-likeness (QED) is 0.847. The molecule has 5 aliphatic carbocycles. The molecule has 4 heteroatoms. The predicted molar refractivity (Wildman–Crippen MR) is 77.6 cm³/mol. The first-order valence-corrected chi connectivity index (χ1v) is 8.54. The van der Waals surface area contributed by atoms with Crippen molar-refractivity contribution >= 4 is 11.9 Å². The van der Waals surface area contributed by atoms with Gasteiger partial charge in [0.05, 0.1) is 0 Å². The van der Waals surface area contributed by atoms with Gasteiger partial charge in [-0.05, 0) is 74.5 Å². The smallest absolute Gasteiger partial charge is 0.323 e. The summed E-state index contributed by atoms with van der Waals surface area (Å²) < 4.78 is 0. The molecule has 0 aromatic carbocycles. The lowest BCUT2D eigenvalue weighted by Crippen LogP contribution is -2.49. The summed E-state index contributed by atoms with van der Waals surface area (Å²) in [5, 5.41) is 9.05. The van der Waals surface area contributed by atoms with Crippen LogP contribution in [0.15, 0.2) is 0 Å². The van der Waals surface area contributed by atoms with E-state index in [0.29, 0.717) is 6.42 Å². The number of rotatable bonds is 5. The molecular formula is C17H25NO3. The molecule has 0 spiro atoms. The Hall–Kier alpha value is -1.06. The fraction of sp³-hybridized carbons (Fsp3) is 0.882. The van der Waals surface area contributed by atoms with Gasteiger partial charge in [0, 0.05) is 12.5 Å². The minimum absolute atomic E-state index is 0.101. The summed E-state index contributed by atoms with van der Waals surface area (Å²) in [6, 6.07) is 0.211. The molecular weight excluding hydrogens is 266 g/mol. The van der Waals surface area contributed by atoms with E-state index in [2.05, 4.69) is 0 Å². The van der Waals surface area contributed by atoms with E-state index in [1.807, 2.05) is 0 Å². The second-order valence-corrected chi connectivity index (χ2v) is 8.24. The zero-order chi connectivity index (χ0) is 14.6. The summed E-state index contributed by atoms with van der Waals surface area (Å²) in [7, 11) is 0. The molecule has 116 valence electrons. The third-order valence-electron chi connectivity index (χ3n) is 6.30. The highest BCUT2D eigenvalue weighted by atomic mass is 16.4. The lowest BCUT2D eigenvalue weighted by atomic mass is 9.49. The Kier molecular flexibility index (Phi) is 3.05. The summed E-state index contributed by atoms with van der Waals surface area (Å²) in [5.74, 6) is 1.77. The number of carboxylic acids is 1. The van der Waals surface area contributed by atoms with Crippen LogP contribution in [0.1, 0.15) is 57.8 Å². The number of aliphatic carboxylic acids is 1. The number of carbonyl (C=O) groups is 2. The molecule has 0 unspecified atom stereocenters. The van der Waals surface area contributed by atoms with Crippen molar-refractivity contribution in [1.29, 1.82) is 0 Å². The fourth-order valence-electron chi connectivity index (χ4n) is 5.88. The molecule has 0 aromatic rings. The first-order chi connectivity index (χ1) is 10.0. The van der Waals surface area contributed by atoms with Gasteiger partial charge in [0.2, 0.25) is 5.91 Å². The standard InChI is InChI=1S/C17H25NO3/c19-15(18(10-16(20)21)14-1-2-14)9-17-6-11-3-12(7-17)5-13(4-11)8-17/h11-14H,1-10H2,(H,20,21). The van der Waals surface area contributed by atoms with Gasteiger partial charge in [-0.3, -0.25) is 9.59 Å². The Balaban J connectivity index is 1.47. The number of carbonyl (C=O) groups excluding carboxylic acids is 1. The largest absolute Gasteiger partial charge is 0.480 e. The topological polar surface area (TPSA) is 57.6 Å². The van der Waals surface area contributed by atoms with Crippen LogP contribution in [0.2, 0.25) is 0 Å². The van der Waals surface area contributed by atoms with Gasteiger partial charge in [-0.15, -0.1) is 0 Å². The summed E-state index contributed by atoms with van der Waals surface area (Å²) in [5.41, 5.74) is 0.220. The molecule has 5 aliphatic rings. The van der Waals surface area contributed by atoms with Crippen LogP contribution >= 0.6 is 0 Å². The Morgan fingerprint density at radius 3 is 1.95 bits per heavy atom. The molecule has 5 fully saturated rings. The maximum atomic E-state index is 12.7. The Morgan fingerprint density at radius 2 is 1.52 bits per heavy atom. The van der Waals surface area contributed by atoms with E-state index in [4.69, 9.17) is 5.11 Å². The van der Waals surface area contributed by atoms with Crippen LogP contribution in [-0.4, -0.2) is 34.5 Å². The zero-order valence-corrected chi connectivity index (χ0v) is 12.6. The van der Waals surface area contributed by atoms with E-state index >= 15 is 0 Å². The minimum Gasteiger partial charge on any atom is -0.480 e. The van der Waals surface area contributed by atoms with Gasteiger partial charge in [-0.25, -0.2) is 0 Å². The third-order valence-corrected chi connectivity index (χ3v) is 6.30. The average molecular weight is 291 g/mol. The van der Waals surface area contributed by atoms with E-state index in [1.165, 1.54) is 38.5 Å². The Morgan fingerprint density at radius 1 is 1.00 bits per heavy atom. The summed E-state index contributed by atoms with van der Waals surface area (Å²) in [6.45, 7) is -0.101. The highest BCUT2D eigenvalue weighted by Gasteiger charge is 2.52. The van der Waals surface area contributed by atoms with Crippen molar-refractivity contribution in [2.24, 2.45) is 23.2 Å². The maximum absolute atomic E-state index is 12.7.